The maximum atomic E-state index is 5.53. The number of hydrogen-bond donors (Lipinski definition) is 2. The lowest BCUT2D eigenvalue weighted by molar-refractivity contribution is 0.105. The van der Waals surface area contributed by atoms with Gasteiger partial charge < -0.3 is 15.4 Å². The molecule has 2 N–H and O–H groups in total. The summed E-state index contributed by atoms with van der Waals surface area (Å²) in [6.07, 6.45) is 4.37. The third kappa shape index (κ3) is 2.69. The lowest BCUT2D eigenvalue weighted by Crippen LogP contribution is -2.37. The van der Waals surface area contributed by atoms with Gasteiger partial charge in [0.1, 0.15) is 0 Å². The Labute approximate surface area is 86.6 Å². The first-order valence-corrected chi connectivity index (χ1v) is 5.92. The summed E-state index contributed by atoms with van der Waals surface area (Å²) in [5, 5.41) is 7.06. The average molecular weight is 198 g/mol. The highest BCUT2D eigenvalue weighted by Crippen LogP contribution is 2.19. The van der Waals surface area contributed by atoms with Crippen molar-refractivity contribution in [3.63, 3.8) is 0 Å². The molecule has 2 rings (SSSR count). The molecular formula is C11H22N2O. The quantitative estimate of drug-likeness (QED) is 0.699. The van der Waals surface area contributed by atoms with E-state index in [1.165, 1.54) is 25.8 Å². The maximum absolute atomic E-state index is 5.53. The van der Waals surface area contributed by atoms with Gasteiger partial charge in [0.05, 0.1) is 6.10 Å². The van der Waals surface area contributed by atoms with Crippen molar-refractivity contribution >= 4 is 0 Å². The molecule has 3 unspecified atom stereocenters. The van der Waals surface area contributed by atoms with E-state index in [1.807, 2.05) is 0 Å². The van der Waals surface area contributed by atoms with Crippen molar-refractivity contribution in [3.05, 3.63) is 0 Å². The fraction of sp³-hybridized carbons (Fsp3) is 1.00. The van der Waals surface area contributed by atoms with Gasteiger partial charge in [-0.2, -0.15) is 0 Å². The second kappa shape index (κ2) is 5.10. The van der Waals surface area contributed by atoms with Crippen LogP contribution < -0.4 is 10.6 Å². The first kappa shape index (κ1) is 10.4. The van der Waals surface area contributed by atoms with Gasteiger partial charge in [-0.1, -0.05) is 0 Å². The fourth-order valence-electron chi connectivity index (χ4n) is 2.42. The third-order valence-electron chi connectivity index (χ3n) is 3.49. The Morgan fingerprint density at radius 2 is 2.29 bits per heavy atom. The Kier molecular flexibility index (Phi) is 3.79. The van der Waals surface area contributed by atoms with E-state index in [0.717, 1.165) is 25.6 Å². The Morgan fingerprint density at radius 3 is 2.93 bits per heavy atom. The smallest absolute Gasteiger partial charge is 0.0588 e. The molecule has 0 saturated carbocycles. The summed E-state index contributed by atoms with van der Waals surface area (Å²) in [6, 6.07) is 0.715. The van der Waals surface area contributed by atoms with E-state index in [9.17, 15) is 0 Å². The highest BCUT2D eigenvalue weighted by atomic mass is 16.5. The van der Waals surface area contributed by atoms with Gasteiger partial charge in [-0.25, -0.2) is 0 Å². The largest absolute Gasteiger partial charge is 0.378 e. The topological polar surface area (TPSA) is 33.3 Å². The van der Waals surface area contributed by atoms with Crippen molar-refractivity contribution in [3.8, 4) is 0 Å². The predicted octanol–water partition coefficient (Wildman–Crippen LogP) is 0.753. The number of rotatable bonds is 4. The van der Waals surface area contributed by atoms with Crippen LogP contribution >= 0.6 is 0 Å². The average Bonchev–Trinajstić information content (AvgIpc) is 2.78. The zero-order valence-corrected chi connectivity index (χ0v) is 9.09. The van der Waals surface area contributed by atoms with Crippen LogP contribution in [0.1, 0.15) is 26.2 Å². The molecule has 2 aliphatic heterocycles. The van der Waals surface area contributed by atoms with Crippen LogP contribution in [-0.2, 0) is 4.74 Å². The molecule has 0 spiro atoms. The lowest BCUT2D eigenvalue weighted by atomic mass is 10.0. The SMILES string of the molecule is CC1OCCC1CNCC1CCCN1. The Hall–Kier alpha value is -0.120. The summed E-state index contributed by atoms with van der Waals surface area (Å²) in [5.74, 6) is 0.733. The van der Waals surface area contributed by atoms with Crippen LogP contribution in [0.2, 0.25) is 0 Å². The van der Waals surface area contributed by atoms with Crippen LogP contribution in [0.3, 0.4) is 0 Å². The van der Waals surface area contributed by atoms with E-state index < -0.39 is 0 Å². The molecule has 82 valence electrons. The minimum Gasteiger partial charge on any atom is -0.378 e. The van der Waals surface area contributed by atoms with Gasteiger partial charge in [-0.05, 0) is 38.6 Å². The zero-order chi connectivity index (χ0) is 9.80. The van der Waals surface area contributed by atoms with Crippen molar-refractivity contribution in [1.29, 1.82) is 0 Å². The second-order valence-electron chi connectivity index (χ2n) is 4.58. The minimum absolute atomic E-state index is 0.457. The molecule has 3 atom stereocenters. The zero-order valence-electron chi connectivity index (χ0n) is 9.09. The van der Waals surface area contributed by atoms with E-state index in [4.69, 9.17) is 4.74 Å². The molecule has 2 saturated heterocycles. The van der Waals surface area contributed by atoms with E-state index in [2.05, 4.69) is 17.6 Å². The molecule has 2 fully saturated rings. The van der Waals surface area contributed by atoms with E-state index >= 15 is 0 Å². The highest BCUT2D eigenvalue weighted by Gasteiger charge is 2.24. The van der Waals surface area contributed by atoms with Crippen molar-refractivity contribution in [2.75, 3.05) is 26.2 Å². The van der Waals surface area contributed by atoms with Gasteiger partial charge in [-0.15, -0.1) is 0 Å². The van der Waals surface area contributed by atoms with Gasteiger partial charge >= 0.3 is 0 Å². The predicted molar refractivity (Wildman–Crippen MR) is 57.4 cm³/mol. The normalized spacial score (nSPS) is 37.9. The summed E-state index contributed by atoms with van der Waals surface area (Å²) in [7, 11) is 0. The summed E-state index contributed by atoms with van der Waals surface area (Å²) in [6.45, 7) is 6.60. The molecule has 14 heavy (non-hydrogen) atoms. The van der Waals surface area contributed by atoms with Crippen LogP contribution in [0, 0.1) is 5.92 Å². The van der Waals surface area contributed by atoms with Crippen LogP contribution in [0.4, 0.5) is 0 Å². The third-order valence-corrected chi connectivity index (χ3v) is 3.49. The Morgan fingerprint density at radius 1 is 1.36 bits per heavy atom. The van der Waals surface area contributed by atoms with Crippen molar-refractivity contribution in [1.82, 2.24) is 10.6 Å². The molecule has 3 heteroatoms. The summed E-state index contributed by atoms with van der Waals surface area (Å²) in [5.41, 5.74) is 0. The molecule has 0 aromatic rings. The van der Waals surface area contributed by atoms with E-state index in [0.29, 0.717) is 12.1 Å². The molecule has 0 aliphatic carbocycles. The Bertz CT molecular complexity index is 169. The minimum atomic E-state index is 0.457. The molecular weight excluding hydrogens is 176 g/mol. The summed E-state index contributed by atoms with van der Waals surface area (Å²) in [4.78, 5) is 0. The van der Waals surface area contributed by atoms with Crippen LogP contribution in [0.25, 0.3) is 0 Å². The summed E-state index contributed by atoms with van der Waals surface area (Å²) < 4.78 is 5.53. The van der Waals surface area contributed by atoms with Crippen molar-refractivity contribution in [2.24, 2.45) is 5.92 Å². The Balaban J connectivity index is 1.57. The maximum Gasteiger partial charge on any atom is 0.0588 e. The van der Waals surface area contributed by atoms with Gasteiger partial charge in [0.2, 0.25) is 0 Å². The number of ether oxygens (including phenoxy) is 1. The number of hydrogen-bond acceptors (Lipinski definition) is 3. The molecule has 0 aromatic carbocycles. The standard InChI is InChI=1S/C11H22N2O/c1-9-10(4-6-14-9)7-12-8-11-3-2-5-13-11/h9-13H,2-8H2,1H3. The van der Waals surface area contributed by atoms with Gasteiger partial charge in [0, 0.05) is 25.7 Å². The fourth-order valence-corrected chi connectivity index (χ4v) is 2.42. The first-order valence-electron chi connectivity index (χ1n) is 5.92. The molecule has 3 nitrogen and oxygen atoms in total. The molecule has 0 bridgehead atoms. The van der Waals surface area contributed by atoms with Gasteiger partial charge in [0.15, 0.2) is 0 Å². The van der Waals surface area contributed by atoms with E-state index in [-0.39, 0.29) is 0 Å². The number of nitrogens with one attached hydrogen (secondary N) is 2. The first-order chi connectivity index (χ1) is 6.86. The van der Waals surface area contributed by atoms with Crippen LogP contribution in [0.15, 0.2) is 0 Å². The monoisotopic (exact) mass is 198 g/mol. The van der Waals surface area contributed by atoms with Crippen molar-refractivity contribution < 1.29 is 4.74 Å². The van der Waals surface area contributed by atoms with Crippen LogP contribution in [0.5, 0.6) is 0 Å². The lowest BCUT2D eigenvalue weighted by Gasteiger charge is -2.17. The summed E-state index contributed by atoms with van der Waals surface area (Å²) >= 11 is 0. The van der Waals surface area contributed by atoms with Crippen LogP contribution in [-0.4, -0.2) is 38.4 Å². The molecule has 2 aliphatic rings. The van der Waals surface area contributed by atoms with E-state index in [1.54, 1.807) is 0 Å². The van der Waals surface area contributed by atoms with Gasteiger partial charge in [-0.3, -0.25) is 0 Å². The molecule has 0 radical (unpaired) electrons. The van der Waals surface area contributed by atoms with Crippen molar-refractivity contribution in [2.45, 2.75) is 38.3 Å². The highest BCUT2D eigenvalue weighted by molar-refractivity contribution is 4.79. The van der Waals surface area contributed by atoms with Gasteiger partial charge in [0.25, 0.3) is 0 Å². The molecule has 2 heterocycles. The second-order valence-corrected chi connectivity index (χ2v) is 4.58. The molecule has 0 aromatic heterocycles. The molecule has 0 amide bonds.